The van der Waals surface area contributed by atoms with Gasteiger partial charge in [0.25, 0.3) is 0 Å². The van der Waals surface area contributed by atoms with Gasteiger partial charge in [-0.05, 0) is 31.0 Å². The molecule has 0 saturated heterocycles. The number of benzene rings is 1. The number of nitrogens with one attached hydrogen (secondary N) is 1. The fraction of sp³-hybridized carbons (Fsp3) is 0.500. The van der Waals surface area contributed by atoms with Crippen molar-refractivity contribution in [3.63, 3.8) is 0 Å². The molecular weight excluding hydrogens is 307 g/mol. The lowest BCUT2D eigenvalue weighted by molar-refractivity contribution is 0.361. The van der Waals surface area contributed by atoms with E-state index in [0.717, 1.165) is 25.7 Å². The molecule has 0 bridgehead atoms. The van der Waals surface area contributed by atoms with Crippen LogP contribution in [-0.4, -0.2) is 20.5 Å². The second kappa shape index (κ2) is 5.97. The number of hydrogen-bond acceptors (Lipinski definition) is 3. The fourth-order valence-corrected chi connectivity index (χ4v) is 3.93. The van der Waals surface area contributed by atoms with Crippen molar-refractivity contribution in [2.75, 3.05) is 0 Å². The highest BCUT2D eigenvalue weighted by Gasteiger charge is 2.27. The van der Waals surface area contributed by atoms with E-state index in [1.54, 1.807) is 0 Å². The Bertz CT molecular complexity index is 563. The fourth-order valence-electron chi connectivity index (χ4n) is 2.22. The first kappa shape index (κ1) is 15.1. The Labute approximate surface area is 123 Å². The van der Waals surface area contributed by atoms with Crippen LogP contribution in [0, 0.1) is 0 Å². The van der Waals surface area contributed by atoms with E-state index in [2.05, 4.69) is 4.72 Å². The third kappa shape index (κ3) is 3.61. The number of hydrogen-bond donors (Lipinski definition) is 2. The van der Waals surface area contributed by atoms with E-state index in [1.807, 2.05) is 0 Å². The van der Waals surface area contributed by atoms with Gasteiger partial charge in [0.15, 0.2) is 0 Å². The van der Waals surface area contributed by atoms with Crippen LogP contribution in [0.3, 0.4) is 0 Å². The maximum atomic E-state index is 12.2. The minimum atomic E-state index is -3.61. The zero-order valence-electron chi connectivity index (χ0n) is 10.3. The Morgan fingerprint density at radius 2 is 1.84 bits per heavy atom. The van der Waals surface area contributed by atoms with Gasteiger partial charge in [-0.15, -0.1) is 0 Å². The van der Waals surface area contributed by atoms with Gasteiger partial charge in [-0.25, -0.2) is 13.1 Å². The van der Waals surface area contributed by atoms with E-state index < -0.39 is 10.0 Å². The average Bonchev–Trinajstić information content (AvgIpc) is 2.35. The van der Waals surface area contributed by atoms with Crippen LogP contribution in [0.25, 0.3) is 0 Å². The minimum absolute atomic E-state index is 0.111. The molecule has 0 heterocycles. The molecule has 1 fully saturated rings. The van der Waals surface area contributed by atoms with E-state index in [9.17, 15) is 8.42 Å². The summed E-state index contributed by atoms with van der Waals surface area (Å²) in [5.74, 6) is 0. The predicted molar refractivity (Wildman–Crippen MR) is 77.0 cm³/mol. The molecule has 19 heavy (non-hydrogen) atoms. The van der Waals surface area contributed by atoms with Gasteiger partial charge in [-0.3, -0.25) is 0 Å². The maximum absolute atomic E-state index is 12.2. The summed E-state index contributed by atoms with van der Waals surface area (Å²) in [5.41, 5.74) is 5.94. The van der Waals surface area contributed by atoms with E-state index in [4.69, 9.17) is 28.9 Å². The van der Waals surface area contributed by atoms with Gasteiger partial charge in [0.05, 0.1) is 14.9 Å². The normalized spacial score (nSPS) is 24.4. The molecule has 0 radical (unpaired) electrons. The standard InChI is InChI=1S/C12H16Cl2N2O2S/c13-9-6-5-8(7-10(9)14)19(17,18)16-12-4-2-1-3-11(12)15/h5-7,11-12,16H,1-4,15H2/t11-,12-/m1/s1. The summed E-state index contributed by atoms with van der Waals surface area (Å²) in [4.78, 5) is 0.111. The summed E-state index contributed by atoms with van der Waals surface area (Å²) in [6.45, 7) is 0. The van der Waals surface area contributed by atoms with Crippen molar-refractivity contribution in [3.8, 4) is 0 Å². The molecule has 106 valence electrons. The number of nitrogens with two attached hydrogens (primary N) is 1. The lowest BCUT2D eigenvalue weighted by Gasteiger charge is -2.29. The maximum Gasteiger partial charge on any atom is 0.240 e. The van der Waals surface area contributed by atoms with Gasteiger partial charge in [0.2, 0.25) is 10.0 Å². The zero-order valence-corrected chi connectivity index (χ0v) is 12.6. The Kier molecular flexibility index (Phi) is 4.74. The van der Waals surface area contributed by atoms with Crippen molar-refractivity contribution in [2.24, 2.45) is 5.73 Å². The van der Waals surface area contributed by atoms with Gasteiger partial charge in [0, 0.05) is 12.1 Å². The van der Waals surface area contributed by atoms with E-state index in [0.29, 0.717) is 5.02 Å². The van der Waals surface area contributed by atoms with E-state index >= 15 is 0 Å². The molecule has 0 aliphatic heterocycles. The molecule has 4 nitrogen and oxygen atoms in total. The first-order valence-electron chi connectivity index (χ1n) is 6.13. The molecular formula is C12H16Cl2N2O2S. The molecule has 1 aromatic carbocycles. The molecule has 1 saturated carbocycles. The summed E-state index contributed by atoms with van der Waals surface area (Å²) in [6.07, 6.45) is 3.64. The van der Waals surface area contributed by atoms with Crippen LogP contribution >= 0.6 is 23.2 Å². The monoisotopic (exact) mass is 322 g/mol. The lowest BCUT2D eigenvalue weighted by atomic mass is 9.92. The number of halogens is 2. The molecule has 0 aromatic heterocycles. The van der Waals surface area contributed by atoms with Crippen molar-refractivity contribution in [1.82, 2.24) is 4.72 Å². The smallest absolute Gasteiger partial charge is 0.240 e. The number of rotatable bonds is 3. The molecule has 1 aliphatic carbocycles. The SMILES string of the molecule is N[C@@H]1CCCC[C@H]1NS(=O)(=O)c1ccc(Cl)c(Cl)c1. The molecule has 2 rings (SSSR count). The quantitative estimate of drug-likeness (QED) is 0.898. The van der Waals surface area contributed by atoms with Crippen molar-refractivity contribution < 1.29 is 8.42 Å². The van der Waals surface area contributed by atoms with Gasteiger partial charge < -0.3 is 5.73 Å². The average molecular weight is 323 g/mol. The molecule has 0 amide bonds. The van der Waals surface area contributed by atoms with Crippen molar-refractivity contribution in [1.29, 1.82) is 0 Å². The molecule has 0 spiro atoms. The van der Waals surface area contributed by atoms with Gasteiger partial charge in [-0.2, -0.15) is 0 Å². The van der Waals surface area contributed by atoms with E-state index in [1.165, 1.54) is 18.2 Å². The highest BCUT2D eigenvalue weighted by molar-refractivity contribution is 7.89. The van der Waals surface area contributed by atoms with Gasteiger partial charge in [0.1, 0.15) is 0 Å². The van der Waals surface area contributed by atoms with Gasteiger partial charge in [-0.1, -0.05) is 36.0 Å². The molecule has 2 atom stereocenters. The van der Waals surface area contributed by atoms with Crippen molar-refractivity contribution in [3.05, 3.63) is 28.2 Å². The first-order valence-corrected chi connectivity index (χ1v) is 8.37. The first-order chi connectivity index (χ1) is 8.90. The van der Waals surface area contributed by atoms with E-state index in [-0.39, 0.29) is 22.0 Å². The minimum Gasteiger partial charge on any atom is -0.326 e. The number of sulfonamides is 1. The van der Waals surface area contributed by atoms with Crippen LogP contribution in [0.5, 0.6) is 0 Å². The Balaban J connectivity index is 2.19. The zero-order chi connectivity index (χ0) is 14.0. The van der Waals surface area contributed by atoms with Gasteiger partial charge >= 0.3 is 0 Å². The van der Waals surface area contributed by atoms with Crippen molar-refractivity contribution in [2.45, 2.75) is 42.7 Å². The van der Waals surface area contributed by atoms with Crippen LogP contribution in [0.1, 0.15) is 25.7 Å². The summed E-state index contributed by atoms with van der Waals surface area (Å²) < 4.78 is 27.1. The third-order valence-electron chi connectivity index (χ3n) is 3.33. The molecule has 7 heteroatoms. The molecule has 0 unspecified atom stereocenters. The topological polar surface area (TPSA) is 72.2 Å². The summed E-state index contributed by atoms with van der Waals surface area (Å²) in [6, 6.07) is 3.91. The largest absolute Gasteiger partial charge is 0.326 e. The molecule has 1 aliphatic rings. The molecule has 3 N–H and O–H groups in total. The third-order valence-corrected chi connectivity index (χ3v) is 5.55. The van der Waals surface area contributed by atoms with Crippen LogP contribution in [0.4, 0.5) is 0 Å². The Morgan fingerprint density at radius 3 is 2.47 bits per heavy atom. The van der Waals surface area contributed by atoms with Crippen LogP contribution in [-0.2, 0) is 10.0 Å². The predicted octanol–water partition coefficient (Wildman–Crippen LogP) is 2.54. The second-order valence-corrected chi connectivity index (χ2v) is 7.28. The summed E-state index contributed by atoms with van der Waals surface area (Å²) >= 11 is 11.6. The Morgan fingerprint density at radius 1 is 1.16 bits per heavy atom. The van der Waals surface area contributed by atoms with Crippen LogP contribution < -0.4 is 10.5 Å². The Hall–Kier alpha value is -0.330. The summed E-state index contributed by atoms with van der Waals surface area (Å²) in [5, 5.41) is 0.549. The molecule has 1 aromatic rings. The summed E-state index contributed by atoms with van der Waals surface area (Å²) in [7, 11) is -3.61. The second-order valence-electron chi connectivity index (χ2n) is 4.75. The van der Waals surface area contributed by atoms with Crippen molar-refractivity contribution >= 4 is 33.2 Å². The highest BCUT2D eigenvalue weighted by Crippen LogP contribution is 2.25. The van der Waals surface area contributed by atoms with Crippen LogP contribution in [0.2, 0.25) is 10.0 Å². The highest BCUT2D eigenvalue weighted by atomic mass is 35.5. The lowest BCUT2D eigenvalue weighted by Crippen LogP contribution is -2.49. The van der Waals surface area contributed by atoms with Crippen LogP contribution in [0.15, 0.2) is 23.1 Å².